The number of ether oxygens (including phenoxy) is 1. The lowest BCUT2D eigenvalue weighted by molar-refractivity contribution is -0.196. The monoisotopic (exact) mass is 806 g/mol. The molecule has 0 saturated heterocycles. The molecule has 17 nitrogen and oxygen atoms in total. The zero-order valence-electron chi connectivity index (χ0n) is 30.1. The van der Waals surface area contributed by atoms with Gasteiger partial charge in [-0.15, -0.1) is 0 Å². The van der Waals surface area contributed by atoms with E-state index >= 15 is 0 Å². The summed E-state index contributed by atoms with van der Waals surface area (Å²) in [6.07, 6.45) is 6.01. The van der Waals surface area contributed by atoms with E-state index < -0.39 is 94.1 Å². The lowest BCUT2D eigenvalue weighted by atomic mass is 9.46. The molecule has 298 valence electrons. The average molecular weight is 807 g/mol. The fourth-order valence-corrected chi connectivity index (χ4v) is 11.4. The number of nitrogens with one attached hydrogen (secondary N) is 1. The van der Waals surface area contributed by atoms with Gasteiger partial charge >= 0.3 is 15.6 Å². The summed E-state index contributed by atoms with van der Waals surface area (Å²) in [5.41, 5.74) is -2.66. The van der Waals surface area contributed by atoms with Gasteiger partial charge in [-0.2, -0.15) is 4.31 Å². The number of imide groups is 1. The van der Waals surface area contributed by atoms with Crippen molar-refractivity contribution in [3.05, 3.63) is 71.8 Å². The summed E-state index contributed by atoms with van der Waals surface area (Å²) in [7, 11) is -10.9. The average Bonchev–Trinajstić information content (AvgIpc) is 3.55. The van der Waals surface area contributed by atoms with Crippen molar-refractivity contribution in [2.45, 2.75) is 63.9 Å². The molecule has 0 spiro atoms. The van der Waals surface area contributed by atoms with Crippen LogP contribution in [0.2, 0.25) is 0 Å². The number of carbonyl (C=O) groups excluding carboxylic acids is 5. The molecule has 3 fully saturated rings. The lowest BCUT2D eigenvalue weighted by Gasteiger charge is -2.59. The number of phosphoric ester groups is 2. The summed E-state index contributed by atoms with van der Waals surface area (Å²) in [6.45, 7) is 0.647. The number of fused-ring (bicyclic) bond motifs is 5. The molecule has 1 heterocycles. The van der Waals surface area contributed by atoms with Crippen LogP contribution in [0.25, 0.3) is 0 Å². The van der Waals surface area contributed by atoms with Gasteiger partial charge < -0.3 is 30.1 Å². The van der Waals surface area contributed by atoms with Crippen LogP contribution in [0.15, 0.2) is 66.3 Å². The molecule has 19 heteroatoms. The number of rotatable bonds is 15. The van der Waals surface area contributed by atoms with Crippen LogP contribution in [-0.2, 0) is 57.8 Å². The second-order valence-electron chi connectivity index (χ2n) is 15.0. The van der Waals surface area contributed by atoms with Crippen molar-refractivity contribution in [2.24, 2.45) is 28.6 Å². The summed E-state index contributed by atoms with van der Waals surface area (Å²) in [4.78, 5) is 82.8. The van der Waals surface area contributed by atoms with E-state index in [0.717, 1.165) is 23.3 Å². The molecule has 3 amide bonds. The summed E-state index contributed by atoms with van der Waals surface area (Å²) < 4.78 is 45.5. The van der Waals surface area contributed by atoms with E-state index in [-0.39, 0.29) is 43.0 Å². The van der Waals surface area contributed by atoms with Gasteiger partial charge in [-0.05, 0) is 55.2 Å². The molecular weight excluding hydrogens is 762 g/mol. The van der Waals surface area contributed by atoms with E-state index in [0.29, 0.717) is 17.7 Å². The summed E-state index contributed by atoms with van der Waals surface area (Å²) in [5, 5.41) is 26.6. The minimum absolute atomic E-state index is 0.00958. The Hall–Kier alpha value is -3.47. The van der Waals surface area contributed by atoms with Crippen LogP contribution in [0.3, 0.4) is 0 Å². The molecule has 0 aromatic heterocycles. The van der Waals surface area contributed by atoms with Crippen LogP contribution >= 0.6 is 15.6 Å². The van der Waals surface area contributed by atoms with Crippen LogP contribution in [0.4, 0.5) is 0 Å². The van der Waals surface area contributed by atoms with Gasteiger partial charge in [-0.3, -0.25) is 37.9 Å². The number of hydrogen-bond donors (Lipinski definition) is 5. The first kappa shape index (κ1) is 41.2. The second-order valence-corrected chi connectivity index (χ2v) is 18.0. The Balaban J connectivity index is 1.13. The van der Waals surface area contributed by atoms with Gasteiger partial charge in [0.1, 0.15) is 13.2 Å². The molecule has 0 bridgehead atoms. The highest BCUT2D eigenvalue weighted by molar-refractivity contribution is 7.61. The highest BCUT2D eigenvalue weighted by atomic mass is 31.3. The molecule has 1 aromatic rings. The Bertz CT molecular complexity index is 1920. The maximum atomic E-state index is 14.2. The Morgan fingerprint density at radius 1 is 1.00 bits per heavy atom. The third-order valence-corrected chi connectivity index (χ3v) is 14.5. The lowest BCUT2D eigenvalue weighted by Crippen LogP contribution is -2.64. The Kier molecular flexibility index (Phi) is 11.6. The van der Waals surface area contributed by atoms with Crippen LogP contribution in [0.5, 0.6) is 0 Å². The number of Topliss-reactive ketones (excluding diaryl/α,β-unsaturated/α-hetero) is 1. The standard InChI is InChI=1S/C36H44N2O15P2/c1-34-13-12-24(39)16-23(34)8-9-25-26-17-29(50-20-22-6-4-3-5-7-22)36(45,35(26,2)18-27(40)33(25)34)28(41)21-52-55(48,49)53-54(46,47)51-15-14-37-30(42)19-38-31(43)10-11-32(38)44/h3-7,10-13,16,25-27,29,33,40,45H,8-9,14-15,17-21H2,1-2H3,(H,37,42)(H,46,47)(H,48,49)/t25-,26-,27-,29+,33+,34-,35-,36+/m0/s1. The Morgan fingerprint density at radius 3 is 2.36 bits per heavy atom. The van der Waals surface area contributed by atoms with E-state index in [1.807, 2.05) is 19.1 Å². The van der Waals surface area contributed by atoms with Crippen molar-refractivity contribution in [3.63, 3.8) is 0 Å². The first-order chi connectivity index (χ1) is 25.8. The van der Waals surface area contributed by atoms with Gasteiger partial charge in [0.2, 0.25) is 5.91 Å². The molecule has 0 radical (unpaired) electrons. The molecular formula is C36H44N2O15P2. The normalized spacial score (nSPS) is 34.7. The first-order valence-electron chi connectivity index (χ1n) is 17.8. The highest BCUT2D eigenvalue weighted by Crippen LogP contribution is 2.68. The predicted octanol–water partition coefficient (Wildman–Crippen LogP) is 2.05. The molecule has 6 rings (SSSR count). The number of aliphatic hydroxyl groups excluding tert-OH is 1. The minimum Gasteiger partial charge on any atom is -0.393 e. The first-order valence-corrected chi connectivity index (χ1v) is 20.8. The summed E-state index contributed by atoms with van der Waals surface area (Å²) >= 11 is 0. The van der Waals surface area contributed by atoms with Gasteiger partial charge in [-0.1, -0.05) is 55.8 Å². The molecule has 5 aliphatic rings. The van der Waals surface area contributed by atoms with Crippen molar-refractivity contribution in [2.75, 3.05) is 26.3 Å². The van der Waals surface area contributed by atoms with Gasteiger partial charge in [0.25, 0.3) is 11.8 Å². The fourth-order valence-electron chi connectivity index (χ4n) is 9.34. The minimum atomic E-state index is -5.53. The number of carbonyl (C=O) groups is 5. The predicted molar refractivity (Wildman–Crippen MR) is 190 cm³/mol. The van der Waals surface area contributed by atoms with Crippen molar-refractivity contribution < 1.29 is 71.2 Å². The van der Waals surface area contributed by atoms with Gasteiger partial charge in [0.05, 0.1) is 25.4 Å². The third-order valence-electron chi connectivity index (χ3n) is 11.9. The number of nitrogens with zero attached hydrogens (tertiary/aromatic N) is 1. The van der Waals surface area contributed by atoms with Crippen LogP contribution < -0.4 is 5.32 Å². The molecule has 10 atom stereocenters. The summed E-state index contributed by atoms with van der Waals surface area (Å²) in [5.74, 6) is -4.32. The van der Waals surface area contributed by atoms with Gasteiger partial charge in [0.15, 0.2) is 17.2 Å². The van der Waals surface area contributed by atoms with Crippen molar-refractivity contribution in [1.82, 2.24) is 10.2 Å². The maximum absolute atomic E-state index is 14.2. The Morgan fingerprint density at radius 2 is 1.67 bits per heavy atom. The molecule has 3 saturated carbocycles. The van der Waals surface area contributed by atoms with Crippen LogP contribution in [0.1, 0.15) is 45.1 Å². The van der Waals surface area contributed by atoms with E-state index in [9.17, 15) is 53.1 Å². The van der Waals surface area contributed by atoms with Crippen molar-refractivity contribution in [1.29, 1.82) is 0 Å². The highest BCUT2D eigenvalue weighted by Gasteiger charge is 2.72. The number of amides is 3. The number of allylic oxidation sites excluding steroid dienone is 4. The Labute approximate surface area is 316 Å². The number of ketones is 2. The zero-order valence-corrected chi connectivity index (χ0v) is 31.9. The molecule has 55 heavy (non-hydrogen) atoms. The molecule has 1 aromatic carbocycles. The zero-order chi connectivity index (χ0) is 40.0. The fraction of sp³-hybridized carbons (Fsp3) is 0.528. The van der Waals surface area contributed by atoms with E-state index in [1.165, 1.54) is 6.08 Å². The summed E-state index contributed by atoms with van der Waals surface area (Å²) in [6, 6.07) is 9.03. The van der Waals surface area contributed by atoms with Crippen LogP contribution in [-0.4, -0.2) is 98.3 Å². The molecule has 4 aliphatic carbocycles. The quantitative estimate of drug-likeness (QED) is 0.0966. The largest absolute Gasteiger partial charge is 0.481 e. The van der Waals surface area contributed by atoms with Crippen molar-refractivity contribution >= 4 is 44.9 Å². The number of aliphatic hydroxyl groups is 2. The SMILES string of the molecule is C[C@]12C=CC(=O)C=C1CC[C@@H]1[C@@H]2[C@@H](O)C[C@@]2(C)[C@H]1C[C@@H](OCc1ccccc1)[C@]2(O)C(=O)COP(=O)(O)OP(=O)(O)OCCNC(=O)CN1C(=O)C=CC1=O. The van der Waals surface area contributed by atoms with Crippen LogP contribution in [0, 0.1) is 28.6 Å². The van der Waals surface area contributed by atoms with E-state index in [2.05, 4.69) is 14.2 Å². The van der Waals surface area contributed by atoms with Gasteiger partial charge in [-0.25, -0.2) is 9.13 Å². The molecule has 1 aliphatic heterocycles. The van der Waals surface area contributed by atoms with E-state index in [4.69, 9.17) is 9.26 Å². The van der Waals surface area contributed by atoms with Gasteiger partial charge in [0, 0.05) is 35.4 Å². The smallest absolute Gasteiger partial charge is 0.393 e. The maximum Gasteiger partial charge on any atom is 0.481 e. The van der Waals surface area contributed by atoms with Crippen molar-refractivity contribution in [3.8, 4) is 0 Å². The number of phosphoric acid groups is 2. The molecule has 2 unspecified atom stereocenters. The number of benzene rings is 1. The molecule has 5 N–H and O–H groups in total. The second kappa shape index (κ2) is 15.5. The number of hydrogen-bond acceptors (Lipinski definition) is 13. The topological polar surface area (TPSA) is 253 Å². The van der Waals surface area contributed by atoms with E-state index in [1.54, 1.807) is 37.3 Å². The third kappa shape index (κ3) is 8.06.